The van der Waals surface area contributed by atoms with Crippen molar-refractivity contribution in [3.8, 4) is 0 Å². The van der Waals surface area contributed by atoms with Gasteiger partial charge in [-0.05, 0) is 57.3 Å². The average Bonchev–Trinajstić information content (AvgIpc) is 2.41. The number of fused-ring (bicyclic) bond motifs is 1. The van der Waals surface area contributed by atoms with Gasteiger partial charge in [0.15, 0.2) is 5.78 Å². The summed E-state index contributed by atoms with van der Waals surface area (Å²) in [5.41, 5.74) is 2.02. The number of thiophene rings is 1. The molecule has 4 heteroatoms. The molecular formula is C7H2I2OS. The van der Waals surface area contributed by atoms with Crippen molar-refractivity contribution < 1.29 is 4.79 Å². The highest BCUT2D eigenvalue weighted by Gasteiger charge is 2.22. The number of rotatable bonds is 0. The van der Waals surface area contributed by atoms with Crippen molar-refractivity contribution in [3.63, 3.8) is 0 Å². The summed E-state index contributed by atoms with van der Waals surface area (Å²) in [5, 5.41) is 0. The molecule has 0 saturated carbocycles. The topological polar surface area (TPSA) is 17.1 Å². The predicted octanol–water partition coefficient (Wildman–Crippen LogP) is 3.17. The summed E-state index contributed by atoms with van der Waals surface area (Å²) in [6, 6.07) is 0. The Bertz CT molecular complexity index is 365. The van der Waals surface area contributed by atoms with E-state index in [1.54, 1.807) is 17.4 Å². The van der Waals surface area contributed by atoms with Gasteiger partial charge < -0.3 is 0 Å². The zero-order valence-electron chi connectivity index (χ0n) is 5.23. The molecular weight excluding hydrogens is 386 g/mol. The zero-order valence-corrected chi connectivity index (χ0v) is 10.4. The third-order valence-electron chi connectivity index (χ3n) is 1.50. The fourth-order valence-corrected chi connectivity index (χ4v) is 5.35. The molecule has 0 fully saturated rings. The molecule has 0 unspecified atom stereocenters. The zero-order chi connectivity index (χ0) is 8.01. The van der Waals surface area contributed by atoms with E-state index < -0.39 is 0 Å². The number of hydrogen-bond donors (Lipinski definition) is 0. The van der Waals surface area contributed by atoms with Crippen LogP contribution in [0, 0.1) is 5.77 Å². The Morgan fingerprint density at radius 1 is 1.18 bits per heavy atom. The minimum Gasteiger partial charge on any atom is -0.289 e. The Hall–Kier alpha value is 0.570. The molecule has 2 rings (SSSR count). The van der Waals surface area contributed by atoms with Gasteiger partial charge in [-0.3, -0.25) is 4.79 Å². The minimum absolute atomic E-state index is 0.156. The molecule has 0 N–H and O–H groups in total. The molecule has 1 nitrogen and oxygen atoms in total. The van der Waals surface area contributed by atoms with Crippen LogP contribution < -0.4 is 0 Å². The molecule has 1 heterocycles. The summed E-state index contributed by atoms with van der Waals surface area (Å²) < 4.78 is 2.32. The normalized spacial score (nSPS) is 14.2. The van der Waals surface area contributed by atoms with Gasteiger partial charge in [-0.25, -0.2) is 0 Å². The van der Waals surface area contributed by atoms with E-state index in [2.05, 4.69) is 45.2 Å². The lowest BCUT2D eigenvalue weighted by atomic mass is 10.2. The molecule has 11 heavy (non-hydrogen) atoms. The summed E-state index contributed by atoms with van der Waals surface area (Å²) in [6.45, 7) is 0. The summed E-state index contributed by atoms with van der Waals surface area (Å²) in [4.78, 5) is 11.2. The van der Waals surface area contributed by atoms with E-state index >= 15 is 0 Å². The summed E-state index contributed by atoms with van der Waals surface area (Å²) in [6.07, 6.45) is 3.54. The van der Waals surface area contributed by atoms with E-state index in [1.165, 1.54) is 2.88 Å². The Kier molecular flexibility index (Phi) is 2.09. The van der Waals surface area contributed by atoms with Crippen LogP contribution >= 0.6 is 56.5 Å². The predicted molar refractivity (Wildman–Crippen MR) is 63.1 cm³/mol. The van der Waals surface area contributed by atoms with E-state index in [-0.39, 0.29) is 5.78 Å². The Balaban J connectivity index is 2.77. The van der Waals surface area contributed by atoms with Crippen LogP contribution in [0.3, 0.4) is 0 Å². The first-order valence-corrected chi connectivity index (χ1v) is 5.88. The van der Waals surface area contributed by atoms with Gasteiger partial charge in [0.25, 0.3) is 0 Å². The first-order chi connectivity index (χ1) is 5.20. The minimum atomic E-state index is 0.156. The Labute approximate surface area is 95.2 Å². The molecule has 1 aromatic rings. The number of hydrogen-bond acceptors (Lipinski definition) is 2. The number of carbonyl (C=O) groups is 1. The molecule has 0 bridgehead atoms. The number of carbonyl (C=O) groups excluding carboxylic acids is 1. The molecule has 0 aliphatic heterocycles. The van der Waals surface area contributed by atoms with Crippen molar-refractivity contribution in [2.45, 2.75) is 0 Å². The second-order valence-electron chi connectivity index (χ2n) is 2.14. The lowest BCUT2D eigenvalue weighted by molar-refractivity contribution is 0.105. The van der Waals surface area contributed by atoms with Crippen molar-refractivity contribution in [2.24, 2.45) is 0 Å². The van der Waals surface area contributed by atoms with Crippen LogP contribution in [0.2, 0.25) is 0 Å². The van der Waals surface area contributed by atoms with Gasteiger partial charge in [-0.15, -0.1) is 11.3 Å². The molecule has 1 aromatic heterocycles. The molecule has 1 aliphatic carbocycles. The van der Waals surface area contributed by atoms with Gasteiger partial charge in [0.05, 0.1) is 11.3 Å². The maximum Gasteiger partial charge on any atom is 0.188 e. The van der Waals surface area contributed by atoms with E-state index in [4.69, 9.17) is 0 Å². The number of allylic oxidation sites excluding steroid dienone is 1. The number of ketones is 1. The maximum atomic E-state index is 11.2. The molecule has 0 atom stereocenters. The first kappa shape index (κ1) is 8.18. The highest BCUT2D eigenvalue weighted by molar-refractivity contribution is 14.1. The van der Waals surface area contributed by atoms with E-state index in [9.17, 15) is 4.79 Å². The van der Waals surface area contributed by atoms with Gasteiger partial charge in [-0.1, -0.05) is 0 Å². The largest absolute Gasteiger partial charge is 0.289 e. The first-order valence-electron chi connectivity index (χ1n) is 2.90. The Morgan fingerprint density at radius 3 is 2.55 bits per heavy atom. The fraction of sp³-hybridized carbons (Fsp3) is 0. The van der Waals surface area contributed by atoms with Crippen molar-refractivity contribution in [1.29, 1.82) is 0 Å². The Morgan fingerprint density at radius 2 is 1.91 bits per heavy atom. The second kappa shape index (κ2) is 2.81. The average molecular weight is 388 g/mol. The van der Waals surface area contributed by atoms with Gasteiger partial charge >= 0.3 is 0 Å². The van der Waals surface area contributed by atoms with Crippen LogP contribution in [-0.4, -0.2) is 5.78 Å². The van der Waals surface area contributed by atoms with Crippen LogP contribution in [0.4, 0.5) is 0 Å². The van der Waals surface area contributed by atoms with Crippen LogP contribution in [0.15, 0.2) is 6.08 Å². The van der Waals surface area contributed by atoms with Gasteiger partial charge in [0.2, 0.25) is 0 Å². The molecule has 0 aromatic carbocycles. The molecule has 0 spiro atoms. The summed E-state index contributed by atoms with van der Waals surface area (Å²) in [7, 11) is 0. The van der Waals surface area contributed by atoms with Gasteiger partial charge in [0, 0.05) is 5.56 Å². The van der Waals surface area contributed by atoms with Crippen molar-refractivity contribution in [3.05, 3.63) is 23.0 Å². The monoisotopic (exact) mass is 388 g/mol. The summed E-state index contributed by atoms with van der Waals surface area (Å²) in [5.74, 6) is 0.156. The lowest BCUT2D eigenvalue weighted by Crippen LogP contribution is -1.89. The highest BCUT2D eigenvalue weighted by atomic mass is 127. The molecule has 0 saturated heterocycles. The molecule has 56 valence electrons. The van der Waals surface area contributed by atoms with Gasteiger partial charge in [-0.2, -0.15) is 0 Å². The second-order valence-corrected chi connectivity index (χ2v) is 6.78. The van der Waals surface area contributed by atoms with Crippen LogP contribution in [0.5, 0.6) is 0 Å². The molecule has 0 amide bonds. The van der Waals surface area contributed by atoms with Crippen molar-refractivity contribution in [2.75, 3.05) is 0 Å². The van der Waals surface area contributed by atoms with E-state index in [0.29, 0.717) is 0 Å². The molecule has 1 aliphatic rings. The van der Waals surface area contributed by atoms with Crippen molar-refractivity contribution in [1.82, 2.24) is 0 Å². The van der Waals surface area contributed by atoms with Crippen LogP contribution in [0.25, 0.3) is 6.08 Å². The van der Waals surface area contributed by atoms with Gasteiger partial charge in [0.1, 0.15) is 0 Å². The smallest absolute Gasteiger partial charge is 0.188 e. The third kappa shape index (κ3) is 1.19. The third-order valence-corrected chi connectivity index (χ3v) is 4.73. The standard InChI is InChI=1S/C7H2I2OS/c8-6-3-1-2-4(10)5(3)7(9)11-6/h1-2H. The van der Waals surface area contributed by atoms with E-state index in [0.717, 1.165) is 14.0 Å². The fourth-order valence-electron chi connectivity index (χ4n) is 1.01. The summed E-state index contributed by atoms with van der Waals surface area (Å²) >= 11 is 6.16. The maximum absolute atomic E-state index is 11.2. The lowest BCUT2D eigenvalue weighted by Gasteiger charge is -1.86. The number of halogens is 2. The van der Waals surface area contributed by atoms with Crippen LogP contribution in [-0.2, 0) is 0 Å². The van der Waals surface area contributed by atoms with E-state index in [1.807, 2.05) is 6.08 Å². The van der Waals surface area contributed by atoms with Crippen molar-refractivity contribution >= 4 is 68.4 Å². The quantitative estimate of drug-likeness (QED) is 0.625. The highest BCUT2D eigenvalue weighted by Crippen LogP contribution is 2.35. The van der Waals surface area contributed by atoms with Crippen LogP contribution in [0.1, 0.15) is 15.9 Å². The SMILES string of the molecule is O=C1C=Cc2c(I)sc(I)c21. The molecule has 0 radical (unpaired) electrons.